The molecule has 2 rings (SSSR count). The van der Waals surface area contributed by atoms with Gasteiger partial charge >= 0.3 is 6.03 Å². The standard InChI is InChI=1S/C13H17N3O2S/c17-12(11-3-8-19-10-11)9-15-13(18)14-4-7-16-5-1-2-6-16/h1-3,5-6,8,10,12,17H,4,7,9H2,(H2,14,15,18). The fourth-order valence-corrected chi connectivity index (χ4v) is 2.36. The van der Waals surface area contributed by atoms with Crippen LogP contribution >= 0.6 is 11.3 Å². The van der Waals surface area contributed by atoms with Gasteiger partial charge in [0.05, 0.1) is 6.10 Å². The maximum Gasteiger partial charge on any atom is 0.314 e. The van der Waals surface area contributed by atoms with E-state index in [1.807, 2.05) is 45.9 Å². The number of carbonyl (C=O) groups excluding carboxylic acids is 1. The summed E-state index contributed by atoms with van der Waals surface area (Å²) < 4.78 is 1.99. The van der Waals surface area contributed by atoms with Crippen molar-refractivity contribution in [1.82, 2.24) is 15.2 Å². The molecule has 6 heteroatoms. The average Bonchev–Trinajstić information content (AvgIpc) is 3.08. The summed E-state index contributed by atoms with van der Waals surface area (Å²) in [5.74, 6) is 0. The van der Waals surface area contributed by atoms with Crippen LogP contribution in [0.25, 0.3) is 0 Å². The lowest BCUT2D eigenvalue weighted by Gasteiger charge is -2.11. The van der Waals surface area contributed by atoms with Gasteiger partial charge in [-0.25, -0.2) is 4.79 Å². The predicted octanol–water partition coefficient (Wildman–Crippen LogP) is 1.58. The van der Waals surface area contributed by atoms with E-state index in [4.69, 9.17) is 0 Å². The Bertz CT molecular complexity index is 482. The lowest BCUT2D eigenvalue weighted by atomic mass is 10.2. The third-order valence-corrected chi connectivity index (χ3v) is 3.41. The highest BCUT2D eigenvalue weighted by Crippen LogP contribution is 2.14. The van der Waals surface area contributed by atoms with E-state index in [2.05, 4.69) is 10.6 Å². The number of nitrogens with zero attached hydrogens (tertiary/aromatic N) is 1. The number of aliphatic hydroxyl groups is 1. The van der Waals surface area contributed by atoms with E-state index in [9.17, 15) is 9.90 Å². The number of hydrogen-bond acceptors (Lipinski definition) is 3. The van der Waals surface area contributed by atoms with Crippen molar-refractivity contribution in [2.75, 3.05) is 13.1 Å². The van der Waals surface area contributed by atoms with Crippen LogP contribution in [0, 0.1) is 0 Å². The minimum absolute atomic E-state index is 0.214. The fourth-order valence-electron chi connectivity index (χ4n) is 1.65. The topological polar surface area (TPSA) is 66.3 Å². The van der Waals surface area contributed by atoms with Crippen LogP contribution in [0.15, 0.2) is 41.4 Å². The normalized spacial score (nSPS) is 12.1. The Hall–Kier alpha value is -1.79. The third kappa shape index (κ3) is 4.42. The van der Waals surface area contributed by atoms with Gasteiger partial charge in [-0.2, -0.15) is 11.3 Å². The number of urea groups is 1. The van der Waals surface area contributed by atoms with E-state index in [0.29, 0.717) is 6.54 Å². The quantitative estimate of drug-likeness (QED) is 0.751. The van der Waals surface area contributed by atoms with Gasteiger partial charge < -0.3 is 20.3 Å². The summed E-state index contributed by atoms with van der Waals surface area (Å²) in [6, 6.07) is 5.47. The zero-order chi connectivity index (χ0) is 13.5. The van der Waals surface area contributed by atoms with Crippen molar-refractivity contribution in [1.29, 1.82) is 0 Å². The first kappa shape index (κ1) is 13.6. The molecular weight excluding hydrogens is 262 g/mol. The number of thiophene rings is 1. The van der Waals surface area contributed by atoms with E-state index in [0.717, 1.165) is 12.1 Å². The summed E-state index contributed by atoms with van der Waals surface area (Å²) >= 11 is 1.52. The molecule has 3 N–H and O–H groups in total. The Labute approximate surface area is 115 Å². The molecule has 0 radical (unpaired) electrons. The summed E-state index contributed by atoms with van der Waals surface area (Å²) in [5, 5.41) is 19.0. The number of nitrogens with one attached hydrogen (secondary N) is 2. The van der Waals surface area contributed by atoms with Gasteiger partial charge in [0.2, 0.25) is 0 Å². The average molecular weight is 279 g/mol. The maximum atomic E-state index is 11.5. The van der Waals surface area contributed by atoms with E-state index in [1.54, 1.807) is 0 Å². The Kier molecular flexibility index (Phi) is 5.00. The molecule has 0 saturated carbocycles. The second-order valence-corrected chi connectivity index (χ2v) is 4.91. The minimum Gasteiger partial charge on any atom is -0.387 e. The van der Waals surface area contributed by atoms with Gasteiger partial charge in [-0.05, 0) is 34.5 Å². The fraction of sp³-hybridized carbons (Fsp3) is 0.308. The number of hydrogen-bond donors (Lipinski definition) is 3. The lowest BCUT2D eigenvalue weighted by Crippen LogP contribution is -2.39. The molecule has 2 heterocycles. The van der Waals surface area contributed by atoms with Crippen LogP contribution in [0.5, 0.6) is 0 Å². The predicted molar refractivity (Wildman–Crippen MR) is 75.1 cm³/mol. The van der Waals surface area contributed by atoms with Crippen LogP contribution in [-0.2, 0) is 6.54 Å². The van der Waals surface area contributed by atoms with E-state index < -0.39 is 6.10 Å². The van der Waals surface area contributed by atoms with Crippen molar-refractivity contribution in [2.45, 2.75) is 12.6 Å². The molecule has 1 unspecified atom stereocenters. The SMILES string of the molecule is O=C(NCCn1cccc1)NCC(O)c1ccsc1. The van der Waals surface area contributed by atoms with Crippen LogP contribution < -0.4 is 10.6 Å². The molecule has 0 fully saturated rings. The highest BCUT2D eigenvalue weighted by Gasteiger charge is 2.09. The van der Waals surface area contributed by atoms with Crippen LogP contribution in [0.4, 0.5) is 4.79 Å². The van der Waals surface area contributed by atoms with E-state index in [-0.39, 0.29) is 12.6 Å². The molecule has 2 amide bonds. The molecule has 0 spiro atoms. The highest BCUT2D eigenvalue weighted by atomic mass is 32.1. The second kappa shape index (κ2) is 6.96. The van der Waals surface area contributed by atoms with Gasteiger partial charge in [-0.3, -0.25) is 0 Å². The summed E-state index contributed by atoms with van der Waals surface area (Å²) in [4.78, 5) is 11.5. The third-order valence-electron chi connectivity index (χ3n) is 2.71. The van der Waals surface area contributed by atoms with Gasteiger partial charge in [0.15, 0.2) is 0 Å². The molecule has 1 atom stereocenters. The first-order valence-electron chi connectivity index (χ1n) is 6.08. The van der Waals surface area contributed by atoms with Crippen molar-refractivity contribution >= 4 is 17.4 Å². The Morgan fingerprint density at radius 3 is 2.84 bits per heavy atom. The van der Waals surface area contributed by atoms with Crippen LogP contribution in [0.2, 0.25) is 0 Å². The Morgan fingerprint density at radius 2 is 2.16 bits per heavy atom. The van der Waals surface area contributed by atoms with E-state index in [1.165, 1.54) is 11.3 Å². The molecule has 2 aromatic heterocycles. The van der Waals surface area contributed by atoms with Crippen molar-refractivity contribution in [3.63, 3.8) is 0 Å². The highest BCUT2D eigenvalue weighted by molar-refractivity contribution is 7.07. The van der Waals surface area contributed by atoms with Gasteiger partial charge in [-0.1, -0.05) is 0 Å². The molecule has 0 aliphatic rings. The number of rotatable bonds is 6. The molecule has 0 aromatic carbocycles. The summed E-state index contributed by atoms with van der Waals surface area (Å²) in [6.07, 6.45) is 3.24. The molecule has 0 bridgehead atoms. The lowest BCUT2D eigenvalue weighted by molar-refractivity contribution is 0.173. The molecule has 19 heavy (non-hydrogen) atoms. The number of carbonyl (C=O) groups is 1. The second-order valence-electron chi connectivity index (χ2n) is 4.13. The zero-order valence-electron chi connectivity index (χ0n) is 10.5. The molecule has 5 nitrogen and oxygen atoms in total. The first-order valence-corrected chi connectivity index (χ1v) is 7.02. The van der Waals surface area contributed by atoms with Crippen LogP contribution in [0.3, 0.4) is 0 Å². The summed E-state index contributed by atoms with van der Waals surface area (Å²) in [5.41, 5.74) is 0.831. The zero-order valence-corrected chi connectivity index (χ0v) is 11.3. The molecular formula is C13H17N3O2S. The molecule has 2 aromatic rings. The number of amides is 2. The number of aliphatic hydroxyl groups excluding tert-OH is 1. The molecule has 102 valence electrons. The van der Waals surface area contributed by atoms with E-state index >= 15 is 0 Å². The first-order chi connectivity index (χ1) is 9.25. The van der Waals surface area contributed by atoms with Gasteiger partial charge in [-0.15, -0.1) is 0 Å². The van der Waals surface area contributed by atoms with Crippen molar-refractivity contribution in [2.24, 2.45) is 0 Å². The molecule has 0 aliphatic heterocycles. The Morgan fingerprint density at radius 1 is 1.37 bits per heavy atom. The van der Waals surface area contributed by atoms with Crippen LogP contribution in [0.1, 0.15) is 11.7 Å². The summed E-state index contributed by atoms with van der Waals surface area (Å²) in [7, 11) is 0. The smallest absolute Gasteiger partial charge is 0.314 e. The van der Waals surface area contributed by atoms with Gasteiger partial charge in [0, 0.05) is 32.0 Å². The molecule has 0 saturated heterocycles. The van der Waals surface area contributed by atoms with Crippen molar-refractivity contribution in [3.8, 4) is 0 Å². The molecule has 0 aliphatic carbocycles. The maximum absolute atomic E-state index is 11.5. The summed E-state index contributed by atoms with van der Waals surface area (Å²) in [6.45, 7) is 1.49. The van der Waals surface area contributed by atoms with Gasteiger partial charge in [0.25, 0.3) is 0 Å². The number of aromatic nitrogens is 1. The van der Waals surface area contributed by atoms with Crippen LogP contribution in [-0.4, -0.2) is 28.8 Å². The largest absolute Gasteiger partial charge is 0.387 e. The Balaban J connectivity index is 1.62. The van der Waals surface area contributed by atoms with Crippen molar-refractivity contribution < 1.29 is 9.90 Å². The van der Waals surface area contributed by atoms with Gasteiger partial charge in [0.1, 0.15) is 0 Å². The van der Waals surface area contributed by atoms with Crippen molar-refractivity contribution in [3.05, 3.63) is 46.9 Å². The minimum atomic E-state index is -0.651. The monoisotopic (exact) mass is 279 g/mol.